The molecule has 0 fully saturated rings. The summed E-state index contributed by atoms with van der Waals surface area (Å²) < 4.78 is 10.6. The molecule has 1 heterocycles. The number of nitrogens with zero attached hydrogens (tertiary/aromatic N) is 1. The fourth-order valence-corrected chi connectivity index (χ4v) is 1.80. The highest BCUT2D eigenvalue weighted by atomic mass is 16.6. The average Bonchev–Trinajstić information content (AvgIpc) is 2.88. The fraction of sp³-hybridized carbons (Fsp3) is 0.286. The van der Waals surface area contributed by atoms with E-state index in [0.29, 0.717) is 5.76 Å². The number of ether oxygens (including phenoxy) is 1. The first-order valence-electron chi connectivity index (χ1n) is 6.23. The van der Waals surface area contributed by atoms with E-state index in [1.807, 2.05) is 38.1 Å². The smallest absolute Gasteiger partial charge is 0.433 e. The van der Waals surface area contributed by atoms with E-state index in [1.165, 1.54) is 12.1 Å². The van der Waals surface area contributed by atoms with Gasteiger partial charge in [0.15, 0.2) is 0 Å². The van der Waals surface area contributed by atoms with Crippen LogP contribution in [0, 0.1) is 10.1 Å². The molecular formula is C14H16N2O4. The Morgan fingerprint density at radius 2 is 1.85 bits per heavy atom. The van der Waals surface area contributed by atoms with Crippen molar-refractivity contribution >= 4 is 5.88 Å². The Morgan fingerprint density at radius 1 is 1.20 bits per heavy atom. The Balaban J connectivity index is 2.15. The van der Waals surface area contributed by atoms with Gasteiger partial charge in [-0.3, -0.25) is 10.1 Å². The van der Waals surface area contributed by atoms with E-state index in [0.717, 1.165) is 11.3 Å². The maximum atomic E-state index is 10.6. The molecule has 1 aromatic carbocycles. The molecule has 0 amide bonds. The van der Waals surface area contributed by atoms with Crippen LogP contribution < -0.4 is 10.5 Å². The second-order valence-corrected chi connectivity index (χ2v) is 4.65. The molecule has 20 heavy (non-hydrogen) atoms. The summed E-state index contributed by atoms with van der Waals surface area (Å²) >= 11 is 0. The van der Waals surface area contributed by atoms with Gasteiger partial charge in [0.05, 0.1) is 18.2 Å². The zero-order chi connectivity index (χ0) is 14.7. The predicted octanol–water partition coefficient (Wildman–Crippen LogP) is 3.02. The number of benzene rings is 1. The molecule has 0 radical (unpaired) electrons. The SMILES string of the molecule is CC(C)Oc1ccc(C(N)c2ccc([N+](=O)[O-])o2)cc1. The molecule has 1 atom stereocenters. The molecule has 0 bridgehead atoms. The van der Waals surface area contributed by atoms with E-state index in [1.54, 1.807) is 0 Å². The lowest BCUT2D eigenvalue weighted by molar-refractivity contribution is -0.402. The Labute approximate surface area is 116 Å². The van der Waals surface area contributed by atoms with Crippen LogP contribution in [0.1, 0.15) is 31.2 Å². The molecule has 0 aliphatic rings. The third-order valence-corrected chi connectivity index (χ3v) is 2.71. The number of nitro groups is 1. The van der Waals surface area contributed by atoms with E-state index in [4.69, 9.17) is 14.9 Å². The standard InChI is InChI=1S/C14H16N2O4/c1-9(2)19-11-5-3-10(4-6-11)14(15)12-7-8-13(20-12)16(17)18/h3-9,14H,15H2,1-2H3. The predicted molar refractivity (Wildman–Crippen MR) is 73.6 cm³/mol. The zero-order valence-electron chi connectivity index (χ0n) is 11.3. The van der Waals surface area contributed by atoms with Crippen molar-refractivity contribution in [2.75, 3.05) is 0 Å². The molecule has 0 spiro atoms. The molecule has 0 aliphatic heterocycles. The summed E-state index contributed by atoms with van der Waals surface area (Å²) in [5.41, 5.74) is 6.82. The molecule has 0 saturated carbocycles. The molecule has 2 aromatic rings. The molecule has 6 nitrogen and oxygen atoms in total. The Morgan fingerprint density at radius 3 is 2.35 bits per heavy atom. The minimum atomic E-state index is -0.588. The van der Waals surface area contributed by atoms with Crippen molar-refractivity contribution in [2.45, 2.75) is 26.0 Å². The van der Waals surface area contributed by atoms with Gasteiger partial charge in [-0.1, -0.05) is 12.1 Å². The highest BCUT2D eigenvalue weighted by Gasteiger charge is 2.18. The van der Waals surface area contributed by atoms with Gasteiger partial charge in [-0.15, -0.1) is 0 Å². The van der Waals surface area contributed by atoms with Crippen LogP contribution in [0.5, 0.6) is 5.75 Å². The summed E-state index contributed by atoms with van der Waals surface area (Å²) in [6.07, 6.45) is 0.0993. The number of hydrogen-bond donors (Lipinski definition) is 1. The summed E-state index contributed by atoms with van der Waals surface area (Å²) in [6.45, 7) is 3.89. The molecule has 0 aliphatic carbocycles. The second-order valence-electron chi connectivity index (χ2n) is 4.65. The van der Waals surface area contributed by atoms with Crippen molar-refractivity contribution in [1.29, 1.82) is 0 Å². The third-order valence-electron chi connectivity index (χ3n) is 2.71. The highest BCUT2D eigenvalue weighted by Crippen LogP contribution is 2.26. The lowest BCUT2D eigenvalue weighted by Crippen LogP contribution is -2.11. The number of hydrogen-bond acceptors (Lipinski definition) is 5. The first-order valence-corrected chi connectivity index (χ1v) is 6.23. The number of furan rings is 1. The largest absolute Gasteiger partial charge is 0.491 e. The van der Waals surface area contributed by atoms with Crippen LogP contribution in [0.2, 0.25) is 0 Å². The third kappa shape index (κ3) is 3.16. The van der Waals surface area contributed by atoms with Crippen molar-refractivity contribution in [2.24, 2.45) is 5.73 Å². The first-order chi connectivity index (χ1) is 9.47. The zero-order valence-corrected chi connectivity index (χ0v) is 11.3. The second kappa shape index (κ2) is 5.75. The van der Waals surface area contributed by atoms with Gasteiger partial charge in [0.2, 0.25) is 0 Å². The lowest BCUT2D eigenvalue weighted by Gasteiger charge is -2.12. The van der Waals surface area contributed by atoms with Gasteiger partial charge in [0.1, 0.15) is 16.4 Å². The maximum absolute atomic E-state index is 10.6. The monoisotopic (exact) mass is 276 g/mol. The quantitative estimate of drug-likeness (QED) is 0.669. The summed E-state index contributed by atoms with van der Waals surface area (Å²) in [7, 11) is 0. The number of rotatable bonds is 5. The van der Waals surface area contributed by atoms with E-state index >= 15 is 0 Å². The van der Waals surface area contributed by atoms with Gasteiger partial charge in [-0.05, 0) is 37.6 Å². The minimum absolute atomic E-state index is 0.0993. The molecule has 6 heteroatoms. The average molecular weight is 276 g/mol. The maximum Gasteiger partial charge on any atom is 0.433 e. The van der Waals surface area contributed by atoms with Gasteiger partial charge < -0.3 is 14.9 Å². The molecule has 1 unspecified atom stereocenters. The first kappa shape index (κ1) is 14.1. The highest BCUT2D eigenvalue weighted by molar-refractivity contribution is 5.33. The van der Waals surface area contributed by atoms with Crippen LogP contribution in [0.3, 0.4) is 0 Å². The summed E-state index contributed by atoms with van der Waals surface area (Å²) in [5, 5.41) is 10.6. The normalized spacial score (nSPS) is 12.4. The van der Waals surface area contributed by atoms with Gasteiger partial charge >= 0.3 is 5.88 Å². The topological polar surface area (TPSA) is 91.5 Å². The van der Waals surface area contributed by atoms with Crippen molar-refractivity contribution < 1.29 is 14.1 Å². The summed E-state index contributed by atoms with van der Waals surface area (Å²) in [5.74, 6) is 0.797. The lowest BCUT2D eigenvalue weighted by atomic mass is 10.1. The van der Waals surface area contributed by atoms with Crippen LogP contribution in [0.15, 0.2) is 40.8 Å². The van der Waals surface area contributed by atoms with Crippen LogP contribution in [-0.4, -0.2) is 11.0 Å². The molecule has 1 aromatic heterocycles. The van der Waals surface area contributed by atoms with Crippen LogP contribution in [-0.2, 0) is 0 Å². The van der Waals surface area contributed by atoms with Crippen LogP contribution in [0.25, 0.3) is 0 Å². The van der Waals surface area contributed by atoms with Gasteiger partial charge in [-0.2, -0.15) is 0 Å². The van der Waals surface area contributed by atoms with Gasteiger partial charge in [0, 0.05) is 0 Å². The van der Waals surface area contributed by atoms with E-state index in [2.05, 4.69) is 0 Å². The van der Waals surface area contributed by atoms with E-state index in [9.17, 15) is 10.1 Å². The van der Waals surface area contributed by atoms with E-state index in [-0.39, 0.29) is 12.0 Å². The molecule has 0 saturated heterocycles. The van der Waals surface area contributed by atoms with Crippen molar-refractivity contribution in [3.8, 4) is 5.75 Å². The van der Waals surface area contributed by atoms with Crippen molar-refractivity contribution in [3.05, 3.63) is 57.8 Å². The molecule has 2 rings (SSSR count). The van der Waals surface area contributed by atoms with Crippen molar-refractivity contribution in [1.82, 2.24) is 0 Å². The van der Waals surface area contributed by atoms with E-state index < -0.39 is 11.0 Å². The minimum Gasteiger partial charge on any atom is -0.491 e. The summed E-state index contributed by atoms with van der Waals surface area (Å²) in [6, 6.07) is 9.52. The molecule has 106 valence electrons. The molecule has 2 N–H and O–H groups in total. The van der Waals surface area contributed by atoms with Gasteiger partial charge in [0.25, 0.3) is 0 Å². The Hall–Kier alpha value is -2.34. The Bertz CT molecular complexity index is 589. The summed E-state index contributed by atoms with van der Waals surface area (Å²) in [4.78, 5) is 9.99. The number of nitrogens with two attached hydrogens (primary N) is 1. The Kier molecular flexibility index (Phi) is 4.05. The van der Waals surface area contributed by atoms with Gasteiger partial charge in [-0.25, -0.2) is 0 Å². The van der Waals surface area contributed by atoms with Crippen LogP contribution >= 0.6 is 0 Å². The van der Waals surface area contributed by atoms with Crippen molar-refractivity contribution in [3.63, 3.8) is 0 Å². The van der Waals surface area contributed by atoms with Crippen LogP contribution in [0.4, 0.5) is 5.88 Å². The fourth-order valence-electron chi connectivity index (χ4n) is 1.80. The molecular weight excluding hydrogens is 260 g/mol.